The zero-order valence-electron chi connectivity index (χ0n) is 16.0. The quantitative estimate of drug-likeness (QED) is 0.589. The van der Waals surface area contributed by atoms with Crippen LogP contribution in [0.25, 0.3) is 10.2 Å². The average Bonchev–Trinajstić information content (AvgIpc) is 3.23. The van der Waals surface area contributed by atoms with E-state index in [0.29, 0.717) is 12.5 Å². The van der Waals surface area contributed by atoms with Crippen LogP contribution in [-0.4, -0.2) is 58.9 Å². The summed E-state index contributed by atoms with van der Waals surface area (Å²) < 4.78 is 1.19. The molecule has 0 saturated carbocycles. The Morgan fingerprint density at radius 3 is 2.75 bits per heavy atom. The van der Waals surface area contributed by atoms with Gasteiger partial charge in [0.15, 0.2) is 6.67 Å². The number of likely N-dealkylation sites (tertiary alicyclic amines) is 1. The van der Waals surface area contributed by atoms with Crippen LogP contribution in [-0.2, 0) is 9.59 Å². The molecule has 0 aliphatic carbocycles. The molecule has 2 atom stereocenters. The molecule has 2 aliphatic heterocycles. The summed E-state index contributed by atoms with van der Waals surface area (Å²) in [5, 5.41) is 1.12. The third-order valence-corrected chi connectivity index (χ3v) is 6.73. The molecule has 4 rings (SSSR count). The van der Waals surface area contributed by atoms with Crippen molar-refractivity contribution in [2.45, 2.75) is 38.5 Å². The Morgan fingerprint density at radius 1 is 1.18 bits per heavy atom. The third-order valence-electron chi connectivity index (χ3n) is 5.53. The van der Waals surface area contributed by atoms with E-state index in [1.807, 2.05) is 25.1 Å². The number of nitrogens with zero attached hydrogens (tertiary/aromatic N) is 3. The van der Waals surface area contributed by atoms with E-state index in [0.717, 1.165) is 64.0 Å². The van der Waals surface area contributed by atoms with Crippen molar-refractivity contribution >= 4 is 39.4 Å². The number of carbonyl (C=O) groups excluding carboxylic acids is 3. The van der Waals surface area contributed by atoms with Gasteiger partial charge in [0.1, 0.15) is 5.01 Å². The summed E-state index contributed by atoms with van der Waals surface area (Å²) in [6.07, 6.45) is 3.66. The smallest absolute Gasteiger partial charge is 0.317 e. The number of urea groups is 1. The minimum Gasteiger partial charge on any atom is -0.317 e. The minimum atomic E-state index is -0.685. The number of hydrogen-bond donors (Lipinski definition) is 1. The fraction of sp³-hybridized carbons (Fsp3) is 0.500. The first-order chi connectivity index (χ1) is 13.6. The van der Waals surface area contributed by atoms with Crippen molar-refractivity contribution in [3.8, 4) is 0 Å². The zero-order chi connectivity index (χ0) is 19.7. The van der Waals surface area contributed by atoms with Gasteiger partial charge in [-0.3, -0.25) is 14.5 Å². The zero-order valence-corrected chi connectivity index (χ0v) is 16.8. The summed E-state index contributed by atoms with van der Waals surface area (Å²) in [5.41, 5.74) is 1.02. The van der Waals surface area contributed by atoms with Gasteiger partial charge in [-0.1, -0.05) is 25.5 Å². The Kier molecular flexibility index (Phi) is 5.41. The van der Waals surface area contributed by atoms with Crippen LogP contribution in [0.3, 0.4) is 0 Å². The van der Waals surface area contributed by atoms with Gasteiger partial charge in [-0.25, -0.2) is 14.7 Å². The van der Waals surface area contributed by atoms with Gasteiger partial charge >= 0.3 is 17.8 Å². The highest BCUT2D eigenvalue weighted by atomic mass is 32.1. The van der Waals surface area contributed by atoms with E-state index >= 15 is 0 Å². The Morgan fingerprint density at radius 2 is 1.96 bits per heavy atom. The molecule has 0 spiro atoms. The Hall–Kier alpha value is -2.32. The number of nitrogens with one attached hydrogen (secondary N) is 1. The molecule has 28 heavy (non-hydrogen) atoms. The van der Waals surface area contributed by atoms with Crippen LogP contribution < -0.4 is 4.90 Å². The number of amides is 4. The summed E-state index contributed by atoms with van der Waals surface area (Å²) in [4.78, 5) is 45.2. The standard InChI is InChI=1S/C20H24N4O3S/c1-2-3-11-23-18(25)19(26)24(20(23)27)13-22-10-6-7-14(12-22)17-21-15-8-4-5-9-16(15)28-17/h4-5,8-9,14H,2-3,6-7,10-13H2,1H3/p+1/t14-/m1/s1. The highest BCUT2D eigenvalue weighted by Gasteiger charge is 2.46. The lowest BCUT2D eigenvalue weighted by atomic mass is 9.99. The second-order valence-corrected chi connectivity index (χ2v) is 8.61. The fourth-order valence-corrected chi connectivity index (χ4v) is 5.10. The second kappa shape index (κ2) is 7.97. The highest BCUT2D eigenvalue weighted by Crippen LogP contribution is 2.30. The van der Waals surface area contributed by atoms with Crippen molar-refractivity contribution in [1.82, 2.24) is 14.8 Å². The van der Waals surface area contributed by atoms with E-state index < -0.39 is 17.8 Å². The predicted octanol–water partition coefficient (Wildman–Crippen LogP) is 1.61. The molecule has 2 aromatic rings. The molecule has 1 aromatic heterocycles. The molecule has 1 aromatic carbocycles. The molecule has 148 valence electrons. The van der Waals surface area contributed by atoms with E-state index in [4.69, 9.17) is 4.98 Å². The Labute approximate surface area is 167 Å². The van der Waals surface area contributed by atoms with Gasteiger partial charge in [0.05, 0.1) is 29.2 Å². The van der Waals surface area contributed by atoms with Crippen LogP contribution in [0.2, 0.25) is 0 Å². The fourth-order valence-electron chi connectivity index (χ4n) is 4.00. The molecule has 0 bridgehead atoms. The molecule has 1 unspecified atom stereocenters. The summed E-state index contributed by atoms with van der Waals surface area (Å²) in [5.74, 6) is -1.05. The summed E-state index contributed by atoms with van der Waals surface area (Å²) in [7, 11) is 0. The summed E-state index contributed by atoms with van der Waals surface area (Å²) >= 11 is 1.73. The number of para-hydroxylation sites is 1. The van der Waals surface area contributed by atoms with Crippen LogP contribution in [0.4, 0.5) is 4.79 Å². The van der Waals surface area contributed by atoms with Crippen molar-refractivity contribution in [3.63, 3.8) is 0 Å². The van der Waals surface area contributed by atoms with Crippen molar-refractivity contribution in [2.24, 2.45) is 0 Å². The lowest BCUT2D eigenvalue weighted by molar-refractivity contribution is -0.913. The topological polar surface area (TPSA) is 75.0 Å². The molecular formula is C20H25N4O3S+. The number of thiazole rings is 1. The van der Waals surface area contributed by atoms with Gasteiger partial charge in [-0.05, 0) is 31.4 Å². The van der Waals surface area contributed by atoms with Gasteiger partial charge < -0.3 is 4.90 Å². The number of fused-ring (bicyclic) bond motifs is 1. The number of piperidine rings is 1. The van der Waals surface area contributed by atoms with E-state index in [9.17, 15) is 14.4 Å². The summed E-state index contributed by atoms with van der Waals surface area (Å²) in [6, 6.07) is 7.67. The van der Waals surface area contributed by atoms with Crippen LogP contribution in [0.1, 0.15) is 43.5 Å². The number of carbonyl (C=O) groups is 3. The molecule has 7 nitrogen and oxygen atoms in total. The molecule has 2 fully saturated rings. The molecular weight excluding hydrogens is 376 g/mol. The van der Waals surface area contributed by atoms with E-state index in [2.05, 4.69) is 6.07 Å². The number of aromatic nitrogens is 1. The van der Waals surface area contributed by atoms with Crippen LogP contribution in [0, 0.1) is 0 Å². The second-order valence-electron chi connectivity index (χ2n) is 7.55. The highest BCUT2D eigenvalue weighted by molar-refractivity contribution is 7.18. The summed E-state index contributed by atoms with van der Waals surface area (Å²) in [6.45, 7) is 4.28. The third kappa shape index (κ3) is 3.54. The maximum atomic E-state index is 12.6. The van der Waals surface area contributed by atoms with Gasteiger partial charge in [0.25, 0.3) is 0 Å². The number of unbranched alkanes of at least 4 members (excludes halogenated alkanes) is 1. The molecule has 1 N–H and O–H groups in total. The van der Waals surface area contributed by atoms with Crippen molar-refractivity contribution in [1.29, 1.82) is 0 Å². The largest absolute Gasteiger partial charge is 0.338 e. The molecule has 2 saturated heterocycles. The van der Waals surface area contributed by atoms with Crippen molar-refractivity contribution in [3.05, 3.63) is 29.3 Å². The van der Waals surface area contributed by atoms with E-state index in [-0.39, 0.29) is 6.67 Å². The number of hydrogen-bond acceptors (Lipinski definition) is 5. The van der Waals surface area contributed by atoms with Gasteiger partial charge in [0, 0.05) is 6.54 Å². The lowest BCUT2D eigenvalue weighted by Gasteiger charge is -2.30. The normalized spacial score (nSPS) is 23.2. The van der Waals surface area contributed by atoms with Crippen LogP contribution >= 0.6 is 11.3 Å². The lowest BCUT2D eigenvalue weighted by Crippen LogP contribution is -3.15. The average molecular weight is 402 g/mol. The van der Waals surface area contributed by atoms with Gasteiger partial charge in [0.2, 0.25) is 0 Å². The van der Waals surface area contributed by atoms with Gasteiger partial charge in [-0.15, -0.1) is 11.3 Å². The molecule has 3 heterocycles. The first-order valence-corrected chi connectivity index (χ1v) is 10.8. The van der Waals surface area contributed by atoms with Gasteiger partial charge in [-0.2, -0.15) is 0 Å². The molecule has 0 radical (unpaired) electrons. The number of benzene rings is 1. The number of imide groups is 2. The molecule has 4 amide bonds. The Balaban J connectivity index is 1.44. The van der Waals surface area contributed by atoms with E-state index in [1.54, 1.807) is 11.3 Å². The first kappa shape index (κ1) is 19.0. The maximum absolute atomic E-state index is 12.6. The minimum absolute atomic E-state index is 0.257. The van der Waals surface area contributed by atoms with Crippen LogP contribution in [0.5, 0.6) is 0 Å². The van der Waals surface area contributed by atoms with E-state index in [1.165, 1.54) is 4.70 Å². The molecule has 2 aliphatic rings. The first-order valence-electron chi connectivity index (χ1n) is 9.95. The number of rotatable bonds is 6. The monoisotopic (exact) mass is 401 g/mol. The van der Waals surface area contributed by atoms with Crippen LogP contribution in [0.15, 0.2) is 24.3 Å². The van der Waals surface area contributed by atoms with Crippen molar-refractivity contribution in [2.75, 3.05) is 26.3 Å². The SMILES string of the molecule is CCCCN1C(=O)C(=O)N(C[NH+]2CCC[C@@H](c3nc4ccccc4s3)C2)C1=O. The van der Waals surface area contributed by atoms with Crippen molar-refractivity contribution < 1.29 is 19.3 Å². The Bertz CT molecular complexity index is 879. The number of quaternary nitrogens is 1. The maximum Gasteiger partial charge on any atom is 0.338 e. The molecule has 8 heteroatoms. The predicted molar refractivity (Wildman–Crippen MR) is 106 cm³/mol.